The molecule has 106 valence electrons. The fourth-order valence-electron chi connectivity index (χ4n) is 3.15. The fraction of sp³-hybridized carbons (Fsp3) is 0.471. The monoisotopic (exact) mass is 270 g/mol. The molecule has 3 nitrogen and oxygen atoms in total. The van der Waals surface area contributed by atoms with Crippen molar-refractivity contribution >= 4 is 0 Å². The van der Waals surface area contributed by atoms with Crippen molar-refractivity contribution in [1.29, 1.82) is 0 Å². The zero-order chi connectivity index (χ0) is 14.1. The molecule has 0 radical (unpaired) electrons. The van der Waals surface area contributed by atoms with E-state index in [4.69, 9.17) is 0 Å². The normalized spacial score (nSPS) is 16.5. The Balaban J connectivity index is 1.89. The Morgan fingerprint density at radius 1 is 1.05 bits per heavy atom. The van der Waals surface area contributed by atoms with E-state index in [0.717, 1.165) is 22.3 Å². The predicted octanol–water partition coefficient (Wildman–Crippen LogP) is 4.38. The van der Waals surface area contributed by atoms with Gasteiger partial charge in [-0.25, -0.2) is 0 Å². The average molecular weight is 270 g/mol. The number of aromatic hydroxyl groups is 1. The summed E-state index contributed by atoms with van der Waals surface area (Å²) in [5, 5.41) is 14.4. The molecule has 1 fully saturated rings. The van der Waals surface area contributed by atoms with Crippen molar-refractivity contribution in [3.8, 4) is 16.9 Å². The molecule has 0 unspecified atom stereocenters. The van der Waals surface area contributed by atoms with Crippen LogP contribution in [0.2, 0.25) is 0 Å². The van der Waals surface area contributed by atoms with E-state index in [-0.39, 0.29) is 0 Å². The molecule has 0 aliphatic heterocycles. The quantitative estimate of drug-likeness (QED) is 0.879. The van der Waals surface area contributed by atoms with E-state index >= 15 is 0 Å². The summed E-state index contributed by atoms with van der Waals surface area (Å²) in [6.07, 6.45) is 10.6. The number of benzene rings is 1. The van der Waals surface area contributed by atoms with Crippen LogP contribution in [0, 0.1) is 13.8 Å². The minimum Gasteiger partial charge on any atom is -0.507 e. The lowest BCUT2D eigenvalue weighted by atomic mass is 9.96. The van der Waals surface area contributed by atoms with Crippen LogP contribution >= 0.6 is 0 Å². The van der Waals surface area contributed by atoms with Crippen molar-refractivity contribution in [2.75, 3.05) is 0 Å². The van der Waals surface area contributed by atoms with Crippen molar-refractivity contribution < 1.29 is 5.11 Å². The lowest BCUT2D eigenvalue weighted by Crippen LogP contribution is -2.12. The molecule has 1 aliphatic carbocycles. The van der Waals surface area contributed by atoms with Gasteiger partial charge in [-0.05, 0) is 55.5 Å². The van der Waals surface area contributed by atoms with Crippen LogP contribution in [0.15, 0.2) is 24.5 Å². The highest BCUT2D eigenvalue weighted by Gasteiger charge is 2.16. The van der Waals surface area contributed by atoms with Gasteiger partial charge in [-0.2, -0.15) is 5.10 Å². The van der Waals surface area contributed by atoms with E-state index in [1.165, 1.54) is 32.1 Å². The Morgan fingerprint density at radius 2 is 1.70 bits per heavy atom. The molecule has 3 rings (SSSR count). The highest BCUT2D eigenvalue weighted by molar-refractivity contribution is 5.65. The highest BCUT2D eigenvalue weighted by Crippen LogP contribution is 2.31. The first-order valence-electron chi connectivity index (χ1n) is 7.50. The van der Waals surface area contributed by atoms with Crippen LogP contribution in [0.3, 0.4) is 0 Å². The molecule has 1 N–H and O–H groups in total. The van der Waals surface area contributed by atoms with Crippen LogP contribution in [-0.4, -0.2) is 14.9 Å². The Morgan fingerprint density at radius 3 is 2.35 bits per heavy atom. The molecule has 2 aromatic rings. The van der Waals surface area contributed by atoms with Gasteiger partial charge in [-0.3, -0.25) is 4.68 Å². The number of phenolic OH excluding ortho intramolecular Hbond substituents is 1. The second kappa shape index (κ2) is 5.31. The second-order valence-electron chi connectivity index (χ2n) is 5.96. The largest absolute Gasteiger partial charge is 0.507 e. The number of aryl methyl sites for hydroxylation is 2. The summed E-state index contributed by atoms with van der Waals surface area (Å²) >= 11 is 0. The van der Waals surface area contributed by atoms with Crippen LogP contribution < -0.4 is 0 Å². The summed E-state index contributed by atoms with van der Waals surface area (Å²) in [6.45, 7) is 3.88. The second-order valence-corrected chi connectivity index (χ2v) is 5.96. The Hall–Kier alpha value is -1.77. The summed E-state index contributed by atoms with van der Waals surface area (Å²) in [4.78, 5) is 0. The van der Waals surface area contributed by atoms with Crippen molar-refractivity contribution in [3.05, 3.63) is 35.7 Å². The van der Waals surface area contributed by atoms with Gasteiger partial charge in [0, 0.05) is 11.8 Å². The van der Waals surface area contributed by atoms with Gasteiger partial charge >= 0.3 is 0 Å². The van der Waals surface area contributed by atoms with Crippen molar-refractivity contribution in [2.45, 2.75) is 52.0 Å². The molecule has 0 saturated heterocycles. The van der Waals surface area contributed by atoms with Crippen LogP contribution in [0.5, 0.6) is 5.75 Å². The minimum absolute atomic E-state index is 0.397. The van der Waals surface area contributed by atoms with Gasteiger partial charge in [0.2, 0.25) is 0 Å². The standard InChI is InChI=1S/C17H22N2O/c1-12-8-14(9-13(2)17(12)20)15-10-18-19(11-15)16-6-4-3-5-7-16/h8-11,16,20H,3-7H2,1-2H3. The number of phenols is 1. The molecular weight excluding hydrogens is 248 g/mol. The molecule has 1 saturated carbocycles. The van der Waals surface area contributed by atoms with Gasteiger partial charge < -0.3 is 5.11 Å². The Bertz CT molecular complexity index is 586. The molecule has 20 heavy (non-hydrogen) atoms. The van der Waals surface area contributed by atoms with E-state index < -0.39 is 0 Å². The molecule has 0 amide bonds. The zero-order valence-corrected chi connectivity index (χ0v) is 12.3. The van der Waals surface area contributed by atoms with Crippen molar-refractivity contribution in [3.63, 3.8) is 0 Å². The molecule has 1 heterocycles. The SMILES string of the molecule is Cc1cc(-c2cnn(C3CCCCC3)c2)cc(C)c1O. The van der Waals surface area contributed by atoms with E-state index in [0.29, 0.717) is 11.8 Å². The highest BCUT2D eigenvalue weighted by atomic mass is 16.3. The summed E-state index contributed by atoms with van der Waals surface area (Å²) in [5.74, 6) is 0.397. The number of aromatic nitrogens is 2. The van der Waals surface area contributed by atoms with Crippen LogP contribution in [-0.2, 0) is 0 Å². The van der Waals surface area contributed by atoms with Gasteiger partial charge in [-0.1, -0.05) is 19.3 Å². The van der Waals surface area contributed by atoms with Crippen LogP contribution in [0.4, 0.5) is 0 Å². The lowest BCUT2D eigenvalue weighted by molar-refractivity contribution is 0.329. The first kappa shape index (κ1) is 13.2. The van der Waals surface area contributed by atoms with Gasteiger partial charge in [0.1, 0.15) is 5.75 Å². The molecule has 1 aromatic heterocycles. The topological polar surface area (TPSA) is 38.0 Å². The maximum absolute atomic E-state index is 9.87. The summed E-state index contributed by atoms with van der Waals surface area (Å²) in [7, 11) is 0. The fourth-order valence-corrected chi connectivity index (χ4v) is 3.15. The maximum Gasteiger partial charge on any atom is 0.121 e. The average Bonchev–Trinajstić information content (AvgIpc) is 2.95. The number of hydrogen-bond donors (Lipinski definition) is 1. The molecule has 0 bridgehead atoms. The van der Waals surface area contributed by atoms with E-state index in [1.54, 1.807) is 0 Å². The third-order valence-electron chi connectivity index (χ3n) is 4.37. The van der Waals surface area contributed by atoms with Gasteiger partial charge in [-0.15, -0.1) is 0 Å². The molecule has 1 aliphatic rings. The van der Waals surface area contributed by atoms with Gasteiger partial charge in [0.15, 0.2) is 0 Å². The molecule has 0 spiro atoms. The minimum atomic E-state index is 0.397. The first-order valence-corrected chi connectivity index (χ1v) is 7.50. The molecule has 0 atom stereocenters. The predicted molar refractivity (Wildman–Crippen MR) is 80.9 cm³/mol. The number of nitrogens with zero attached hydrogens (tertiary/aromatic N) is 2. The third-order valence-corrected chi connectivity index (χ3v) is 4.37. The van der Waals surface area contributed by atoms with E-state index in [9.17, 15) is 5.11 Å². The van der Waals surface area contributed by atoms with Crippen molar-refractivity contribution in [1.82, 2.24) is 9.78 Å². The lowest BCUT2D eigenvalue weighted by Gasteiger charge is -2.21. The van der Waals surface area contributed by atoms with Crippen molar-refractivity contribution in [2.24, 2.45) is 0 Å². The maximum atomic E-state index is 9.87. The Labute approximate surface area is 120 Å². The van der Waals surface area contributed by atoms with E-state index in [1.807, 2.05) is 32.2 Å². The molecule has 1 aromatic carbocycles. The van der Waals surface area contributed by atoms with Gasteiger partial charge in [0.05, 0.1) is 12.2 Å². The summed E-state index contributed by atoms with van der Waals surface area (Å²) in [5.41, 5.74) is 4.12. The molecular formula is C17H22N2O. The first-order chi connectivity index (χ1) is 9.65. The summed E-state index contributed by atoms with van der Waals surface area (Å²) < 4.78 is 2.13. The zero-order valence-electron chi connectivity index (χ0n) is 12.3. The van der Waals surface area contributed by atoms with Crippen LogP contribution in [0.25, 0.3) is 11.1 Å². The van der Waals surface area contributed by atoms with Crippen LogP contribution in [0.1, 0.15) is 49.3 Å². The van der Waals surface area contributed by atoms with Gasteiger partial charge in [0.25, 0.3) is 0 Å². The Kier molecular flexibility index (Phi) is 3.51. The summed E-state index contributed by atoms with van der Waals surface area (Å²) in [6, 6.07) is 4.63. The number of hydrogen-bond acceptors (Lipinski definition) is 2. The molecule has 3 heteroatoms. The van der Waals surface area contributed by atoms with E-state index in [2.05, 4.69) is 16.0 Å². The smallest absolute Gasteiger partial charge is 0.121 e. The third kappa shape index (κ3) is 2.45. The number of rotatable bonds is 2.